The van der Waals surface area contributed by atoms with Crippen LogP contribution in [0.15, 0.2) is 6.07 Å². The van der Waals surface area contributed by atoms with E-state index >= 15 is 0 Å². The number of nitrogens with zero attached hydrogens (tertiary/aromatic N) is 3. The van der Waals surface area contributed by atoms with E-state index in [1.54, 1.807) is 0 Å². The maximum absolute atomic E-state index is 14.0. The lowest BCUT2D eigenvalue weighted by Gasteiger charge is -2.35. The van der Waals surface area contributed by atoms with Crippen LogP contribution < -0.4 is 10.2 Å². The maximum atomic E-state index is 14.0. The fourth-order valence-electron chi connectivity index (χ4n) is 2.78. The van der Waals surface area contributed by atoms with Gasteiger partial charge in [-0.1, -0.05) is 6.92 Å². The second-order valence-electron chi connectivity index (χ2n) is 5.81. The Kier molecular flexibility index (Phi) is 4.24. The molecule has 0 atom stereocenters. The van der Waals surface area contributed by atoms with Crippen LogP contribution in [0.1, 0.15) is 26.2 Å². The first-order chi connectivity index (χ1) is 10.2. The molecule has 1 saturated heterocycles. The summed E-state index contributed by atoms with van der Waals surface area (Å²) in [5.74, 6) is -0.779. The van der Waals surface area contributed by atoms with Gasteiger partial charge in [-0.15, -0.1) is 0 Å². The van der Waals surface area contributed by atoms with Crippen molar-refractivity contribution in [3.63, 3.8) is 0 Å². The second kappa shape index (κ2) is 6.13. The molecular weight excluding hydrogens is 274 g/mol. The van der Waals surface area contributed by atoms with Crippen molar-refractivity contribution in [3.05, 3.63) is 17.7 Å². The number of halogens is 2. The molecule has 2 fully saturated rings. The highest BCUT2D eigenvalue weighted by molar-refractivity contribution is 5.49. The van der Waals surface area contributed by atoms with Crippen LogP contribution in [0.3, 0.4) is 0 Å². The highest BCUT2D eigenvalue weighted by atomic mass is 19.1. The van der Waals surface area contributed by atoms with E-state index < -0.39 is 11.6 Å². The highest BCUT2D eigenvalue weighted by Gasteiger charge is 2.32. The minimum Gasteiger partial charge on any atom is -0.368 e. The third kappa shape index (κ3) is 3.26. The molecule has 1 aromatic heterocycles. The number of anilines is 2. The lowest BCUT2D eigenvalue weighted by Crippen LogP contribution is -2.47. The first kappa shape index (κ1) is 14.5. The average molecular weight is 296 g/mol. The Bertz CT molecular complexity index is 497. The van der Waals surface area contributed by atoms with E-state index in [1.807, 2.05) is 11.8 Å². The Labute approximate surface area is 124 Å². The molecule has 0 radical (unpaired) electrons. The van der Waals surface area contributed by atoms with E-state index in [0.29, 0.717) is 6.54 Å². The van der Waals surface area contributed by atoms with Gasteiger partial charge in [0.05, 0.1) is 0 Å². The standard InChI is InChI=1S/C15H22F2N4/c1-2-5-18-14-12(16)10-13(17)15(19-14)21-8-6-20(7-9-21)11-3-4-11/h10-11H,2-9H2,1H3,(H,18,19). The number of hydrogen-bond acceptors (Lipinski definition) is 4. The smallest absolute Gasteiger partial charge is 0.168 e. The van der Waals surface area contributed by atoms with Crippen molar-refractivity contribution in [3.8, 4) is 0 Å². The summed E-state index contributed by atoms with van der Waals surface area (Å²) in [5, 5.41) is 2.92. The predicted octanol–water partition coefficient (Wildman–Crippen LogP) is 2.47. The molecule has 1 saturated carbocycles. The van der Waals surface area contributed by atoms with Crippen LogP contribution in [0, 0.1) is 11.6 Å². The number of aromatic nitrogens is 1. The summed E-state index contributed by atoms with van der Waals surface area (Å²) in [6, 6.07) is 1.67. The van der Waals surface area contributed by atoms with Crippen molar-refractivity contribution >= 4 is 11.6 Å². The van der Waals surface area contributed by atoms with Crippen molar-refractivity contribution in [1.82, 2.24) is 9.88 Å². The van der Waals surface area contributed by atoms with Crippen LogP contribution in [0.5, 0.6) is 0 Å². The Balaban J connectivity index is 1.71. The van der Waals surface area contributed by atoms with E-state index in [2.05, 4.69) is 15.2 Å². The number of nitrogens with one attached hydrogen (secondary N) is 1. The molecule has 0 spiro atoms. The molecule has 1 N–H and O–H groups in total. The third-order valence-electron chi connectivity index (χ3n) is 4.13. The molecule has 6 heteroatoms. The molecule has 3 rings (SSSR count). The van der Waals surface area contributed by atoms with Crippen molar-refractivity contribution in [2.75, 3.05) is 42.9 Å². The van der Waals surface area contributed by atoms with Gasteiger partial charge in [0, 0.05) is 44.8 Å². The summed E-state index contributed by atoms with van der Waals surface area (Å²) in [6.07, 6.45) is 3.44. The van der Waals surface area contributed by atoms with E-state index in [9.17, 15) is 8.78 Å². The van der Waals surface area contributed by atoms with E-state index in [4.69, 9.17) is 0 Å². The fraction of sp³-hybridized carbons (Fsp3) is 0.667. The first-order valence-electron chi connectivity index (χ1n) is 7.78. The Hall–Kier alpha value is -1.43. The van der Waals surface area contributed by atoms with Gasteiger partial charge in [0.2, 0.25) is 0 Å². The van der Waals surface area contributed by atoms with Gasteiger partial charge >= 0.3 is 0 Å². The molecule has 0 amide bonds. The van der Waals surface area contributed by atoms with Gasteiger partial charge in [-0.2, -0.15) is 0 Å². The van der Waals surface area contributed by atoms with Gasteiger partial charge in [-0.05, 0) is 19.3 Å². The lowest BCUT2D eigenvalue weighted by atomic mass is 10.3. The summed E-state index contributed by atoms with van der Waals surface area (Å²) >= 11 is 0. The van der Waals surface area contributed by atoms with Crippen LogP contribution in [-0.2, 0) is 0 Å². The summed E-state index contributed by atoms with van der Waals surface area (Å²) in [4.78, 5) is 8.54. The Morgan fingerprint density at radius 2 is 1.90 bits per heavy atom. The molecule has 1 aliphatic heterocycles. The number of rotatable bonds is 5. The molecule has 2 heterocycles. The topological polar surface area (TPSA) is 31.4 Å². The molecule has 1 aromatic rings. The Morgan fingerprint density at radius 1 is 1.19 bits per heavy atom. The molecule has 2 aliphatic rings. The zero-order valence-corrected chi connectivity index (χ0v) is 12.4. The van der Waals surface area contributed by atoms with E-state index in [1.165, 1.54) is 12.8 Å². The van der Waals surface area contributed by atoms with Crippen LogP contribution in [-0.4, -0.2) is 48.6 Å². The number of pyridine rings is 1. The highest BCUT2D eigenvalue weighted by Crippen LogP contribution is 2.29. The summed E-state index contributed by atoms with van der Waals surface area (Å²) in [5.41, 5.74) is 0. The summed E-state index contributed by atoms with van der Waals surface area (Å²) in [7, 11) is 0. The predicted molar refractivity (Wildman–Crippen MR) is 79.7 cm³/mol. The first-order valence-corrected chi connectivity index (χ1v) is 7.78. The molecule has 0 unspecified atom stereocenters. The SMILES string of the molecule is CCCNc1nc(N2CCN(C3CC3)CC2)c(F)cc1F. The van der Waals surface area contributed by atoms with Crippen molar-refractivity contribution in [1.29, 1.82) is 0 Å². The van der Waals surface area contributed by atoms with Crippen molar-refractivity contribution < 1.29 is 8.78 Å². The maximum Gasteiger partial charge on any atom is 0.168 e. The minimum absolute atomic E-state index is 0.151. The molecule has 0 bridgehead atoms. The molecule has 0 aromatic carbocycles. The fourth-order valence-corrected chi connectivity index (χ4v) is 2.78. The number of hydrogen-bond donors (Lipinski definition) is 1. The minimum atomic E-state index is -0.624. The normalized spacial score (nSPS) is 19.9. The lowest BCUT2D eigenvalue weighted by molar-refractivity contribution is 0.247. The average Bonchev–Trinajstić information content (AvgIpc) is 3.31. The van der Waals surface area contributed by atoms with Crippen LogP contribution in [0.4, 0.5) is 20.4 Å². The monoisotopic (exact) mass is 296 g/mol. The number of piperazine rings is 1. The largest absolute Gasteiger partial charge is 0.368 e. The van der Waals surface area contributed by atoms with Crippen molar-refractivity contribution in [2.24, 2.45) is 0 Å². The Morgan fingerprint density at radius 3 is 2.52 bits per heavy atom. The molecular formula is C15H22F2N4. The summed E-state index contributed by atoms with van der Waals surface area (Å²) < 4.78 is 27.7. The van der Waals surface area contributed by atoms with Crippen LogP contribution >= 0.6 is 0 Å². The molecule has 4 nitrogen and oxygen atoms in total. The van der Waals surface area contributed by atoms with Gasteiger partial charge in [-0.25, -0.2) is 13.8 Å². The molecule has 1 aliphatic carbocycles. The second-order valence-corrected chi connectivity index (χ2v) is 5.81. The van der Waals surface area contributed by atoms with Gasteiger partial charge in [-0.3, -0.25) is 4.90 Å². The molecule has 21 heavy (non-hydrogen) atoms. The quantitative estimate of drug-likeness (QED) is 0.904. The van der Waals surface area contributed by atoms with Crippen molar-refractivity contribution in [2.45, 2.75) is 32.2 Å². The van der Waals surface area contributed by atoms with E-state index in [-0.39, 0.29) is 11.6 Å². The van der Waals surface area contributed by atoms with Gasteiger partial charge in [0.15, 0.2) is 23.3 Å². The van der Waals surface area contributed by atoms with Gasteiger partial charge in [0.25, 0.3) is 0 Å². The zero-order chi connectivity index (χ0) is 14.8. The third-order valence-corrected chi connectivity index (χ3v) is 4.13. The zero-order valence-electron chi connectivity index (χ0n) is 12.4. The van der Waals surface area contributed by atoms with Crippen LogP contribution in [0.2, 0.25) is 0 Å². The molecule has 116 valence electrons. The van der Waals surface area contributed by atoms with Crippen LogP contribution in [0.25, 0.3) is 0 Å². The summed E-state index contributed by atoms with van der Waals surface area (Å²) in [6.45, 7) is 5.98. The van der Waals surface area contributed by atoms with Gasteiger partial charge in [0.1, 0.15) is 0 Å². The van der Waals surface area contributed by atoms with Gasteiger partial charge < -0.3 is 10.2 Å². The van der Waals surface area contributed by atoms with E-state index in [0.717, 1.165) is 44.7 Å².